The Morgan fingerprint density at radius 2 is 2.07 bits per heavy atom. The van der Waals surface area contributed by atoms with E-state index in [-0.39, 0.29) is 11.7 Å². The van der Waals surface area contributed by atoms with Crippen LogP contribution >= 0.6 is 0 Å². The van der Waals surface area contributed by atoms with E-state index in [9.17, 15) is 9.18 Å². The van der Waals surface area contributed by atoms with Crippen molar-refractivity contribution in [3.63, 3.8) is 0 Å². The van der Waals surface area contributed by atoms with Crippen molar-refractivity contribution in [3.05, 3.63) is 52.9 Å². The molecule has 5 heteroatoms. The number of rotatable bonds is 4. The summed E-state index contributed by atoms with van der Waals surface area (Å²) in [4.78, 5) is 17.1. The predicted molar refractivity (Wildman–Crippen MR) is 103 cm³/mol. The number of hydrogen-bond acceptors (Lipinski definition) is 2. The lowest BCUT2D eigenvalue weighted by Gasteiger charge is -2.24. The molecule has 1 saturated carbocycles. The second-order valence-electron chi connectivity index (χ2n) is 8.15. The summed E-state index contributed by atoms with van der Waals surface area (Å²) >= 11 is 0. The van der Waals surface area contributed by atoms with Crippen LogP contribution in [-0.2, 0) is 13.0 Å². The Morgan fingerprint density at radius 3 is 2.85 bits per heavy atom. The smallest absolute Gasteiger partial charge is 0.271 e. The second-order valence-corrected chi connectivity index (χ2v) is 8.15. The highest BCUT2D eigenvalue weighted by atomic mass is 19.1. The van der Waals surface area contributed by atoms with Gasteiger partial charge in [0, 0.05) is 31.6 Å². The standard InChI is InChI=1S/C22H28FN3O/c1-15-11-17(7-9-19(15)23)18-8-10-21-25-20(14-26(21)13-18)22(27)24-12-16-5-3-2-4-6-16/h7,9,11,14,16,18H,2-6,8,10,12-13H2,1H3,(H,24,27). The van der Waals surface area contributed by atoms with E-state index in [1.165, 1.54) is 32.1 Å². The Hall–Kier alpha value is -2.17. The number of halogens is 1. The molecule has 2 heterocycles. The highest BCUT2D eigenvalue weighted by molar-refractivity contribution is 5.92. The number of fused-ring (bicyclic) bond motifs is 1. The number of hydrogen-bond donors (Lipinski definition) is 1. The molecule has 0 saturated heterocycles. The fraction of sp³-hybridized carbons (Fsp3) is 0.545. The Balaban J connectivity index is 1.40. The Morgan fingerprint density at radius 1 is 1.26 bits per heavy atom. The van der Waals surface area contributed by atoms with Crippen molar-refractivity contribution < 1.29 is 9.18 Å². The maximum Gasteiger partial charge on any atom is 0.271 e. The molecule has 1 aromatic heterocycles. The van der Waals surface area contributed by atoms with Crippen molar-refractivity contribution in [1.82, 2.24) is 14.9 Å². The van der Waals surface area contributed by atoms with E-state index in [1.54, 1.807) is 13.0 Å². The van der Waals surface area contributed by atoms with Crippen LogP contribution in [0, 0.1) is 18.7 Å². The number of carbonyl (C=O) groups excluding carboxylic acids is 1. The monoisotopic (exact) mass is 369 g/mol. The molecule has 1 fully saturated rings. The minimum absolute atomic E-state index is 0.0587. The molecule has 144 valence electrons. The third-order valence-electron chi connectivity index (χ3n) is 6.15. The number of amides is 1. The van der Waals surface area contributed by atoms with Crippen molar-refractivity contribution in [2.75, 3.05) is 6.54 Å². The fourth-order valence-corrected chi connectivity index (χ4v) is 4.47. The van der Waals surface area contributed by atoms with E-state index in [4.69, 9.17) is 0 Å². The van der Waals surface area contributed by atoms with Crippen LogP contribution in [0.25, 0.3) is 0 Å². The lowest BCUT2D eigenvalue weighted by atomic mass is 9.89. The first-order chi connectivity index (χ1) is 13.1. The quantitative estimate of drug-likeness (QED) is 0.870. The first-order valence-corrected chi connectivity index (χ1v) is 10.2. The van der Waals surface area contributed by atoms with Gasteiger partial charge in [0.05, 0.1) is 0 Å². The zero-order valence-corrected chi connectivity index (χ0v) is 16.0. The molecule has 1 aromatic carbocycles. The Bertz CT molecular complexity index is 823. The van der Waals surface area contributed by atoms with E-state index in [2.05, 4.69) is 14.9 Å². The Labute approximate surface area is 160 Å². The van der Waals surface area contributed by atoms with Gasteiger partial charge >= 0.3 is 0 Å². The molecule has 0 bridgehead atoms. The van der Waals surface area contributed by atoms with Gasteiger partial charge in [0.15, 0.2) is 0 Å². The molecular weight excluding hydrogens is 341 g/mol. The summed E-state index contributed by atoms with van der Waals surface area (Å²) in [7, 11) is 0. The van der Waals surface area contributed by atoms with Gasteiger partial charge < -0.3 is 9.88 Å². The van der Waals surface area contributed by atoms with Crippen LogP contribution in [0.1, 0.15) is 71.9 Å². The van der Waals surface area contributed by atoms with E-state index >= 15 is 0 Å². The molecule has 0 spiro atoms. The van der Waals surface area contributed by atoms with Crippen molar-refractivity contribution in [2.24, 2.45) is 5.92 Å². The van der Waals surface area contributed by atoms with Crippen molar-refractivity contribution >= 4 is 5.91 Å². The molecule has 4 rings (SSSR count). The van der Waals surface area contributed by atoms with E-state index in [1.807, 2.05) is 18.3 Å². The van der Waals surface area contributed by atoms with Gasteiger partial charge in [0.1, 0.15) is 17.3 Å². The first-order valence-electron chi connectivity index (χ1n) is 10.2. The number of aromatic nitrogens is 2. The molecular formula is C22H28FN3O. The lowest BCUT2D eigenvalue weighted by molar-refractivity contribution is 0.0939. The molecule has 0 radical (unpaired) electrons. The number of imidazole rings is 1. The summed E-state index contributed by atoms with van der Waals surface area (Å²) in [6.07, 6.45) is 10.0. The van der Waals surface area contributed by atoms with Gasteiger partial charge in [-0.25, -0.2) is 9.37 Å². The van der Waals surface area contributed by atoms with Gasteiger partial charge in [-0.3, -0.25) is 4.79 Å². The van der Waals surface area contributed by atoms with E-state index < -0.39 is 0 Å². The molecule has 1 unspecified atom stereocenters. The van der Waals surface area contributed by atoms with Crippen LogP contribution in [0.2, 0.25) is 0 Å². The maximum atomic E-state index is 13.5. The highest BCUT2D eigenvalue weighted by Crippen LogP contribution is 2.30. The summed E-state index contributed by atoms with van der Waals surface area (Å²) in [5.41, 5.74) is 2.38. The molecule has 4 nitrogen and oxygen atoms in total. The summed E-state index contributed by atoms with van der Waals surface area (Å²) in [6.45, 7) is 3.36. The van der Waals surface area contributed by atoms with Gasteiger partial charge in [-0.1, -0.05) is 31.4 Å². The average molecular weight is 369 g/mol. The molecule has 1 aliphatic carbocycles. The van der Waals surface area contributed by atoms with Gasteiger partial charge in [-0.15, -0.1) is 0 Å². The fourth-order valence-electron chi connectivity index (χ4n) is 4.47. The van der Waals surface area contributed by atoms with Gasteiger partial charge in [0.25, 0.3) is 5.91 Å². The summed E-state index contributed by atoms with van der Waals surface area (Å²) in [5.74, 6) is 1.72. The van der Waals surface area contributed by atoms with Crippen molar-refractivity contribution in [1.29, 1.82) is 0 Å². The van der Waals surface area contributed by atoms with Crippen LogP contribution in [0.3, 0.4) is 0 Å². The first kappa shape index (κ1) is 18.2. The second kappa shape index (κ2) is 7.83. The molecule has 2 aliphatic rings. The highest BCUT2D eigenvalue weighted by Gasteiger charge is 2.24. The number of nitrogens with one attached hydrogen (secondary N) is 1. The Kier molecular flexibility index (Phi) is 5.28. The van der Waals surface area contributed by atoms with Crippen molar-refractivity contribution in [2.45, 2.75) is 64.3 Å². The van der Waals surface area contributed by atoms with Gasteiger partial charge in [0.2, 0.25) is 0 Å². The minimum Gasteiger partial charge on any atom is -0.350 e. The summed E-state index contributed by atoms with van der Waals surface area (Å²) in [5, 5.41) is 3.08. The number of carbonyl (C=O) groups is 1. The molecule has 27 heavy (non-hydrogen) atoms. The molecule has 1 N–H and O–H groups in total. The number of nitrogens with zero attached hydrogens (tertiary/aromatic N) is 2. The zero-order chi connectivity index (χ0) is 18.8. The minimum atomic E-state index is -0.158. The number of aryl methyl sites for hydroxylation is 2. The van der Waals surface area contributed by atoms with Crippen molar-refractivity contribution in [3.8, 4) is 0 Å². The molecule has 2 aromatic rings. The summed E-state index contributed by atoms with van der Waals surface area (Å²) in [6, 6.07) is 5.38. The third kappa shape index (κ3) is 4.07. The largest absolute Gasteiger partial charge is 0.350 e. The van der Waals surface area contributed by atoms with Crippen LogP contribution in [-0.4, -0.2) is 22.0 Å². The molecule has 1 amide bonds. The van der Waals surface area contributed by atoms with Gasteiger partial charge in [-0.2, -0.15) is 0 Å². The van der Waals surface area contributed by atoms with Crippen LogP contribution in [0.5, 0.6) is 0 Å². The van der Waals surface area contributed by atoms with Gasteiger partial charge in [-0.05, 0) is 49.3 Å². The van der Waals surface area contributed by atoms with Crippen LogP contribution in [0.4, 0.5) is 4.39 Å². The maximum absolute atomic E-state index is 13.5. The number of benzene rings is 1. The molecule has 1 aliphatic heterocycles. The zero-order valence-electron chi connectivity index (χ0n) is 16.0. The lowest BCUT2D eigenvalue weighted by Crippen LogP contribution is -2.30. The summed E-state index contributed by atoms with van der Waals surface area (Å²) < 4.78 is 15.6. The average Bonchev–Trinajstić information content (AvgIpc) is 3.12. The van der Waals surface area contributed by atoms with Crippen LogP contribution in [0.15, 0.2) is 24.4 Å². The SMILES string of the molecule is Cc1cc(C2CCc3nc(C(=O)NCC4CCCCC4)cn3C2)ccc1F. The van der Waals surface area contributed by atoms with E-state index in [0.717, 1.165) is 37.3 Å². The third-order valence-corrected chi connectivity index (χ3v) is 6.15. The van der Waals surface area contributed by atoms with Crippen LogP contribution < -0.4 is 5.32 Å². The van der Waals surface area contributed by atoms with E-state index in [0.29, 0.717) is 23.1 Å². The molecule has 1 atom stereocenters. The predicted octanol–water partition coefficient (Wildman–Crippen LogP) is 4.37. The normalized spacial score (nSPS) is 20.3. The topological polar surface area (TPSA) is 46.9 Å².